The maximum Gasteiger partial charge on any atom is 0.261 e. The summed E-state index contributed by atoms with van der Waals surface area (Å²) in [5.41, 5.74) is 1.09. The summed E-state index contributed by atoms with van der Waals surface area (Å²) >= 11 is 0. The van der Waals surface area contributed by atoms with E-state index in [1.807, 2.05) is 13.8 Å². The van der Waals surface area contributed by atoms with Crippen molar-refractivity contribution in [2.45, 2.75) is 38.1 Å². The average Bonchev–Trinajstić information content (AvgIpc) is 2.35. The molecule has 0 aliphatic carbocycles. The van der Waals surface area contributed by atoms with Crippen molar-refractivity contribution in [1.29, 1.82) is 0 Å². The first-order valence-electron chi connectivity index (χ1n) is 6.01. The molecule has 1 aromatic rings. The molecule has 0 radical (unpaired) electrons. The van der Waals surface area contributed by atoms with Crippen molar-refractivity contribution in [3.63, 3.8) is 0 Å². The molecule has 1 rings (SSSR count). The largest absolute Gasteiger partial charge is 0.339 e. The topological polar surface area (TPSA) is 54.5 Å². The van der Waals surface area contributed by atoms with E-state index in [0.29, 0.717) is 5.56 Å². The first-order chi connectivity index (χ1) is 8.68. The molecule has 1 unspecified atom stereocenters. The lowest BCUT2D eigenvalue weighted by molar-refractivity contribution is 0.0739. The van der Waals surface area contributed by atoms with Crippen LogP contribution in [0, 0.1) is 6.92 Å². The van der Waals surface area contributed by atoms with Gasteiger partial charge in [-0.15, -0.1) is 0 Å². The molecule has 0 aliphatic rings. The summed E-state index contributed by atoms with van der Waals surface area (Å²) in [6, 6.07) is 4.41. The number of hydrogen-bond donors (Lipinski definition) is 0. The maximum atomic E-state index is 12.3. The molecule has 0 N–H and O–H groups in total. The molecule has 0 saturated carbocycles. The Morgan fingerprint density at radius 2 is 2.00 bits per heavy atom. The van der Waals surface area contributed by atoms with Gasteiger partial charge in [-0.3, -0.25) is 4.79 Å². The summed E-state index contributed by atoms with van der Waals surface area (Å²) < 4.78 is 22.6. The van der Waals surface area contributed by atoms with Crippen LogP contribution < -0.4 is 0 Å². The van der Waals surface area contributed by atoms with Crippen molar-refractivity contribution in [3.8, 4) is 0 Å². The highest BCUT2D eigenvalue weighted by atomic mass is 35.7. The Labute approximate surface area is 118 Å². The van der Waals surface area contributed by atoms with Crippen LogP contribution in [0.1, 0.15) is 36.2 Å². The Morgan fingerprint density at radius 1 is 1.42 bits per heavy atom. The molecule has 0 saturated heterocycles. The van der Waals surface area contributed by atoms with Gasteiger partial charge in [0.1, 0.15) is 0 Å². The van der Waals surface area contributed by atoms with Gasteiger partial charge in [-0.05, 0) is 38.0 Å². The smallest absolute Gasteiger partial charge is 0.261 e. The summed E-state index contributed by atoms with van der Waals surface area (Å²) in [4.78, 5) is 13.9. The number of carbonyl (C=O) groups is 1. The Balaban J connectivity index is 3.24. The molecule has 0 fully saturated rings. The van der Waals surface area contributed by atoms with Gasteiger partial charge in [0, 0.05) is 29.3 Å². The van der Waals surface area contributed by atoms with Crippen LogP contribution in [0.15, 0.2) is 23.1 Å². The zero-order chi connectivity index (χ0) is 14.8. The highest BCUT2D eigenvalue weighted by Gasteiger charge is 2.20. The molecule has 1 aromatic carbocycles. The van der Waals surface area contributed by atoms with Gasteiger partial charge >= 0.3 is 0 Å². The van der Waals surface area contributed by atoms with Crippen molar-refractivity contribution >= 4 is 25.6 Å². The fourth-order valence-electron chi connectivity index (χ4n) is 1.65. The van der Waals surface area contributed by atoms with E-state index in [1.54, 1.807) is 24.9 Å². The zero-order valence-electron chi connectivity index (χ0n) is 11.5. The van der Waals surface area contributed by atoms with E-state index >= 15 is 0 Å². The fraction of sp³-hybridized carbons (Fsp3) is 0.462. The molecule has 0 aliphatic heterocycles. The van der Waals surface area contributed by atoms with Gasteiger partial charge in [-0.2, -0.15) is 0 Å². The Morgan fingerprint density at radius 3 is 2.47 bits per heavy atom. The summed E-state index contributed by atoms with van der Waals surface area (Å²) in [5, 5.41) is 0. The van der Waals surface area contributed by atoms with Crippen molar-refractivity contribution in [2.75, 3.05) is 7.05 Å². The minimum absolute atomic E-state index is 0.0549. The van der Waals surface area contributed by atoms with Gasteiger partial charge in [-0.1, -0.05) is 13.0 Å². The zero-order valence-corrected chi connectivity index (χ0v) is 13.0. The number of amides is 1. The normalized spacial score (nSPS) is 13.1. The summed E-state index contributed by atoms with van der Waals surface area (Å²) in [6.07, 6.45) is 0.828. The van der Waals surface area contributed by atoms with Crippen molar-refractivity contribution in [1.82, 2.24) is 4.90 Å². The van der Waals surface area contributed by atoms with Crippen LogP contribution in [0.3, 0.4) is 0 Å². The fourth-order valence-corrected chi connectivity index (χ4v) is 2.42. The Hall–Kier alpha value is -1.07. The molecule has 0 aromatic heterocycles. The van der Waals surface area contributed by atoms with Gasteiger partial charge in [0.2, 0.25) is 0 Å². The highest BCUT2D eigenvalue weighted by Crippen LogP contribution is 2.20. The van der Waals surface area contributed by atoms with Gasteiger partial charge in [0.25, 0.3) is 15.0 Å². The van der Waals surface area contributed by atoms with Gasteiger partial charge < -0.3 is 4.90 Å². The lowest BCUT2D eigenvalue weighted by Crippen LogP contribution is -2.35. The molecular weight excluding hydrogens is 286 g/mol. The number of benzene rings is 1. The molecule has 0 heterocycles. The van der Waals surface area contributed by atoms with Crippen LogP contribution in [-0.4, -0.2) is 32.3 Å². The second-order valence-corrected chi connectivity index (χ2v) is 7.15. The number of carbonyl (C=O) groups excluding carboxylic acids is 1. The van der Waals surface area contributed by atoms with Crippen molar-refractivity contribution in [3.05, 3.63) is 29.3 Å². The highest BCUT2D eigenvalue weighted by molar-refractivity contribution is 8.13. The molecule has 1 amide bonds. The van der Waals surface area contributed by atoms with Crippen LogP contribution in [0.5, 0.6) is 0 Å². The van der Waals surface area contributed by atoms with Crippen LogP contribution >= 0.6 is 10.7 Å². The van der Waals surface area contributed by atoms with Gasteiger partial charge in [0.05, 0.1) is 4.90 Å². The van der Waals surface area contributed by atoms with E-state index in [-0.39, 0.29) is 16.8 Å². The number of rotatable bonds is 4. The van der Waals surface area contributed by atoms with Crippen LogP contribution in [0.4, 0.5) is 0 Å². The first-order valence-corrected chi connectivity index (χ1v) is 8.31. The van der Waals surface area contributed by atoms with Crippen LogP contribution in [0.2, 0.25) is 0 Å². The molecule has 106 valence electrons. The van der Waals surface area contributed by atoms with E-state index < -0.39 is 9.05 Å². The molecule has 6 heteroatoms. The molecule has 4 nitrogen and oxygen atoms in total. The van der Waals surface area contributed by atoms with Crippen molar-refractivity contribution < 1.29 is 13.2 Å². The third-order valence-electron chi connectivity index (χ3n) is 3.29. The van der Waals surface area contributed by atoms with Crippen LogP contribution in [-0.2, 0) is 9.05 Å². The minimum atomic E-state index is -3.83. The quantitative estimate of drug-likeness (QED) is 0.804. The molecule has 19 heavy (non-hydrogen) atoms. The minimum Gasteiger partial charge on any atom is -0.339 e. The maximum absolute atomic E-state index is 12.3. The number of hydrogen-bond acceptors (Lipinski definition) is 3. The Bertz CT molecular complexity index is 584. The summed E-state index contributed by atoms with van der Waals surface area (Å²) in [6.45, 7) is 5.69. The molecule has 0 spiro atoms. The molecule has 0 bridgehead atoms. The number of aryl methyl sites for hydroxylation is 1. The van der Waals surface area contributed by atoms with E-state index in [1.165, 1.54) is 12.1 Å². The second kappa shape index (κ2) is 5.92. The number of nitrogens with zero attached hydrogens (tertiary/aromatic N) is 1. The average molecular weight is 304 g/mol. The van der Waals surface area contributed by atoms with E-state index in [2.05, 4.69) is 0 Å². The second-order valence-electron chi connectivity index (χ2n) is 4.59. The van der Waals surface area contributed by atoms with E-state index in [9.17, 15) is 13.2 Å². The SMILES string of the molecule is CCC(C)N(C)C(=O)c1cc(S(=O)(=O)Cl)ccc1C. The van der Waals surface area contributed by atoms with Gasteiger partial charge in [0.15, 0.2) is 0 Å². The Kier molecular flexibility index (Phi) is 4.98. The first kappa shape index (κ1) is 16.0. The standard InChI is InChI=1S/C13H18ClNO3S/c1-5-10(3)15(4)13(16)12-8-11(19(14,17)18)7-6-9(12)2/h6-8,10H,5H2,1-4H3. The van der Waals surface area contributed by atoms with Crippen molar-refractivity contribution in [2.24, 2.45) is 0 Å². The molecular formula is C13H18ClNO3S. The summed E-state index contributed by atoms with van der Waals surface area (Å²) in [7, 11) is 3.18. The van der Waals surface area contributed by atoms with E-state index in [0.717, 1.165) is 12.0 Å². The summed E-state index contributed by atoms with van der Waals surface area (Å²) in [5.74, 6) is -0.200. The predicted octanol–water partition coefficient (Wildman–Crippen LogP) is 2.79. The van der Waals surface area contributed by atoms with Crippen LogP contribution in [0.25, 0.3) is 0 Å². The van der Waals surface area contributed by atoms with Gasteiger partial charge in [-0.25, -0.2) is 8.42 Å². The monoisotopic (exact) mass is 303 g/mol. The lowest BCUT2D eigenvalue weighted by Gasteiger charge is -2.24. The number of halogens is 1. The lowest BCUT2D eigenvalue weighted by atomic mass is 10.1. The third kappa shape index (κ3) is 3.70. The van der Waals surface area contributed by atoms with E-state index in [4.69, 9.17) is 10.7 Å². The molecule has 1 atom stereocenters. The predicted molar refractivity (Wildman–Crippen MR) is 76.1 cm³/mol. The third-order valence-corrected chi connectivity index (χ3v) is 4.64.